The highest BCUT2D eigenvalue weighted by Gasteiger charge is 2.30. The number of carbonyl (C=O) groups is 1. The van der Waals surface area contributed by atoms with Crippen LogP contribution in [-0.4, -0.2) is 52.9 Å². The van der Waals surface area contributed by atoms with Crippen LogP contribution in [0.5, 0.6) is 0 Å². The molecule has 3 heterocycles. The molecule has 1 aliphatic heterocycles. The smallest absolute Gasteiger partial charge is 0.368 e. The highest BCUT2D eigenvalue weighted by atomic mass is 79.9. The molecule has 5 aromatic rings. The Morgan fingerprint density at radius 2 is 1.70 bits per heavy atom. The molecule has 0 spiro atoms. The number of rotatable bonds is 7. The minimum absolute atomic E-state index is 0.0471. The third-order valence-corrected chi connectivity index (χ3v) is 7.44. The summed E-state index contributed by atoms with van der Waals surface area (Å²) in [4.78, 5) is 19.9. The van der Waals surface area contributed by atoms with Gasteiger partial charge in [0.05, 0.1) is 19.8 Å². The number of hydrogen-bond donors (Lipinski definition) is 1. The van der Waals surface area contributed by atoms with E-state index in [1.165, 1.54) is 0 Å². The summed E-state index contributed by atoms with van der Waals surface area (Å²) in [7, 11) is 0. The zero-order valence-corrected chi connectivity index (χ0v) is 22.0. The second-order valence-electron chi connectivity index (χ2n) is 9.22. The lowest BCUT2D eigenvalue weighted by atomic mass is 10.1. The van der Waals surface area contributed by atoms with Crippen molar-refractivity contribution in [2.45, 2.75) is 6.54 Å². The van der Waals surface area contributed by atoms with E-state index >= 15 is 0 Å². The zero-order valence-electron chi connectivity index (χ0n) is 20.4. The summed E-state index contributed by atoms with van der Waals surface area (Å²) in [6, 6.07) is 26.3. The number of aromatic amines is 1. The molecule has 6 rings (SSSR count). The maximum atomic E-state index is 13.8. The number of nitrogens with one attached hydrogen (secondary N) is 1. The van der Waals surface area contributed by atoms with Gasteiger partial charge in [-0.1, -0.05) is 76.6 Å². The van der Waals surface area contributed by atoms with Gasteiger partial charge in [-0.15, -0.1) is 0 Å². The van der Waals surface area contributed by atoms with Gasteiger partial charge in [0.15, 0.2) is 5.69 Å². The van der Waals surface area contributed by atoms with Crippen LogP contribution in [0.2, 0.25) is 0 Å². The van der Waals surface area contributed by atoms with Crippen LogP contribution in [0.25, 0.3) is 34.1 Å². The molecule has 186 valence electrons. The van der Waals surface area contributed by atoms with E-state index in [0.29, 0.717) is 5.69 Å². The highest BCUT2D eigenvalue weighted by Crippen LogP contribution is 2.28. The Labute approximate surface area is 223 Å². The number of ketones is 1. The first-order valence-corrected chi connectivity index (χ1v) is 13.4. The molecule has 1 N–H and O–H groups in total. The van der Waals surface area contributed by atoms with Crippen molar-refractivity contribution in [3.8, 4) is 11.3 Å². The van der Waals surface area contributed by atoms with E-state index in [9.17, 15) is 4.79 Å². The molecule has 1 saturated heterocycles. The number of nitrogens with zero attached hydrogens (tertiary/aromatic N) is 3. The number of imidazole rings is 2. The lowest BCUT2D eigenvalue weighted by molar-refractivity contribution is -0.647. The quantitative estimate of drug-likeness (QED) is 0.167. The molecule has 3 aromatic carbocycles. The van der Waals surface area contributed by atoms with Gasteiger partial charge in [-0.3, -0.25) is 9.69 Å². The second-order valence-corrected chi connectivity index (χ2v) is 10.1. The second kappa shape index (κ2) is 10.5. The first kappa shape index (κ1) is 23.9. The van der Waals surface area contributed by atoms with E-state index in [1.54, 1.807) is 6.08 Å². The molecule has 0 aliphatic carbocycles. The fourth-order valence-electron chi connectivity index (χ4n) is 5.03. The molecule has 1 fully saturated rings. The molecule has 0 atom stereocenters. The summed E-state index contributed by atoms with van der Waals surface area (Å²) in [6.45, 7) is 5.18. The standard InChI is InChI=1S/C30H27BrN4O2/c31-24-13-10-22(11-14-24)12-15-27(36)29-28(23-6-2-1-3-7-23)32-30-34(17-16-33-18-20-37-21-19-33)25-8-4-5-9-26(25)35(29)30/h1-15H,16-21H2/p+1/b15-12+. The summed E-state index contributed by atoms with van der Waals surface area (Å²) < 4.78 is 10.9. The number of carbonyl (C=O) groups excluding carboxylic acids is 1. The van der Waals surface area contributed by atoms with Crippen molar-refractivity contribution < 1.29 is 14.1 Å². The van der Waals surface area contributed by atoms with Crippen LogP contribution in [-0.2, 0) is 11.3 Å². The number of H-pyrrole nitrogens is 1. The average Bonchev–Trinajstić information content (AvgIpc) is 3.48. The predicted octanol–water partition coefficient (Wildman–Crippen LogP) is 5.37. The predicted molar refractivity (Wildman–Crippen MR) is 150 cm³/mol. The van der Waals surface area contributed by atoms with Crippen LogP contribution in [0, 0.1) is 0 Å². The summed E-state index contributed by atoms with van der Waals surface area (Å²) in [5, 5.41) is 0. The number of para-hydroxylation sites is 2. The van der Waals surface area contributed by atoms with Crippen LogP contribution in [0.15, 0.2) is 89.4 Å². The number of fused-ring (bicyclic) bond motifs is 3. The maximum Gasteiger partial charge on any atom is 0.368 e. The molecule has 1 aliphatic rings. The molecule has 0 saturated carbocycles. The monoisotopic (exact) mass is 555 g/mol. The maximum absolute atomic E-state index is 13.8. The SMILES string of the molecule is O=C(/C=C/c1ccc(Br)cc1)c1c(-c2ccccc2)[nH]c2n1c1ccccc1[n+]2CCN1CCOCC1. The van der Waals surface area contributed by atoms with Gasteiger partial charge in [-0.05, 0) is 35.9 Å². The largest absolute Gasteiger partial charge is 0.379 e. The number of allylic oxidation sites excluding steroid dienone is 1. The first-order valence-electron chi connectivity index (χ1n) is 12.6. The van der Waals surface area contributed by atoms with Crippen LogP contribution in [0.1, 0.15) is 16.1 Å². The molecule has 7 heteroatoms. The van der Waals surface area contributed by atoms with E-state index in [1.807, 2.05) is 66.7 Å². The number of hydrogen-bond acceptors (Lipinski definition) is 3. The van der Waals surface area contributed by atoms with Crippen LogP contribution in [0.3, 0.4) is 0 Å². The Balaban J connectivity index is 1.48. The molecular weight excluding hydrogens is 528 g/mol. The number of aromatic nitrogens is 3. The fraction of sp³-hybridized carbons (Fsp3) is 0.200. The number of halogens is 1. The number of morpholine rings is 1. The molecule has 6 nitrogen and oxygen atoms in total. The summed E-state index contributed by atoms with van der Waals surface area (Å²) in [6.07, 6.45) is 3.55. The molecule has 2 aromatic heterocycles. The van der Waals surface area contributed by atoms with Crippen molar-refractivity contribution in [1.82, 2.24) is 14.3 Å². The third-order valence-electron chi connectivity index (χ3n) is 6.91. The fourth-order valence-corrected chi connectivity index (χ4v) is 5.29. The Hall–Kier alpha value is -3.52. The Bertz CT molecular complexity index is 1580. The van der Waals surface area contributed by atoms with Crippen molar-refractivity contribution in [2.75, 3.05) is 32.8 Å². The van der Waals surface area contributed by atoms with Crippen molar-refractivity contribution >= 4 is 44.6 Å². The Morgan fingerprint density at radius 3 is 2.49 bits per heavy atom. The van der Waals surface area contributed by atoms with Crippen molar-refractivity contribution in [3.63, 3.8) is 0 Å². The zero-order chi connectivity index (χ0) is 25.2. The van der Waals surface area contributed by atoms with Gasteiger partial charge in [0.2, 0.25) is 5.78 Å². The topological polar surface area (TPSA) is 53.6 Å². The number of benzene rings is 3. The van der Waals surface area contributed by atoms with Gasteiger partial charge in [-0.2, -0.15) is 4.40 Å². The molecule has 37 heavy (non-hydrogen) atoms. The molecule has 0 unspecified atom stereocenters. The Morgan fingerprint density at radius 1 is 0.973 bits per heavy atom. The normalized spacial score (nSPS) is 14.7. The molecule has 0 radical (unpaired) electrons. The van der Waals surface area contributed by atoms with Gasteiger partial charge in [0, 0.05) is 29.7 Å². The van der Waals surface area contributed by atoms with Crippen molar-refractivity contribution in [1.29, 1.82) is 0 Å². The summed E-state index contributed by atoms with van der Waals surface area (Å²) in [5.41, 5.74) is 5.53. The van der Waals surface area contributed by atoms with Crippen LogP contribution >= 0.6 is 15.9 Å². The summed E-state index contributed by atoms with van der Waals surface area (Å²) >= 11 is 3.47. The minimum atomic E-state index is -0.0471. The lowest BCUT2D eigenvalue weighted by Gasteiger charge is -2.25. The third kappa shape index (κ3) is 4.78. The van der Waals surface area contributed by atoms with Gasteiger partial charge in [0.1, 0.15) is 16.7 Å². The van der Waals surface area contributed by atoms with Gasteiger partial charge in [0.25, 0.3) is 0 Å². The number of ether oxygens (including phenoxy) is 1. The highest BCUT2D eigenvalue weighted by molar-refractivity contribution is 9.10. The van der Waals surface area contributed by atoms with E-state index in [-0.39, 0.29) is 5.78 Å². The summed E-state index contributed by atoms with van der Waals surface area (Å²) in [5.74, 6) is 0.864. The average molecular weight is 556 g/mol. The van der Waals surface area contributed by atoms with E-state index in [4.69, 9.17) is 4.74 Å². The lowest BCUT2D eigenvalue weighted by Crippen LogP contribution is -2.44. The van der Waals surface area contributed by atoms with Crippen molar-refractivity contribution in [3.05, 3.63) is 101 Å². The first-order chi connectivity index (χ1) is 18.2. The molecule has 0 bridgehead atoms. The van der Waals surface area contributed by atoms with Gasteiger partial charge >= 0.3 is 5.78 Å². The molecular formula is C30H28BrN4O2+. The molecule has 0 amide bonds. The van der Waals surface area contributed by atoms with Gasteiger partial charge < -0.3 is 4.74 Å². The van der Waals surface area contributed by atoms with E-state index < -0.39 is 0 Å². The van der Waals surface area contributed by atoms with Crippen molar-refractivity contribution in [2.24, 2.45) is 0 Å². The van der Waals surface area contributed by atoms with E-state index in [2.05, 4.69) is 53.0 Å². The Kier molecular flexibility index (Phi) is 6.74. The van der Waals surface area contributed by atoms with E-state index in [0.717, 1.165) is 77.5 Å². The van der Waals surface area contributed by atoms with Crippen LogP contribution < -0.4 is 4.57 Å². The van der Waals surface area contributed by atoms with Gasteiger partial charge in [-0.25, -0.2) is 9.55 Å². The van der Waals surface area contributed by atoms with Crippen LogP contribution in [0.4, 0.5) is 0 Å². The minimum Gasteiger partial charge on any atom is -0.379 e.